The topological polar surface area (TPSA) is 26.0 Å². The number of nitrogens with zero attached hydrogens (tertiary/aromatic N) is 1. The van der Waals surface area contributed by atoms with E-state index in [9.17, 15) is 0 Å². The average Bonchev–Trinajstić information content (AvgIpc) is 2.78. The Morgan fingerprint density at radius 3 is 2.33 bits per heavy atom. The van der Waals surface area contributed by atoms with Crippen LogP contribution in [0.15, 0.2) is 52.9 Å². The fourth-order valence-electron chi connectivity index (χ4n) is 2.55. The highest BCUT2D eigenvalue weighted by molar-refractivity contribution is 6.13. The molecule has 2 heterocycles. The largest absolute Gasteiger partial charge is 0.454 e. The summed E-state index contributed by atoms with van der Waals surface area (Å²) < 4.78 is 5.96. The monoisotopic (exact) mass is 233 g/mol. The Morgan fingerprint density at radius 2 is 1.50 bits per heavy atom. The summed E-state index contributed by atoms with van der Waals surface area (Å²) in [4.78, 5) is 4.70. The second-order valence-corrected chi connectivity index (χ2v) is 4.52. The van der Waals surface area contributed by atoms with Gasteiger partial charge in [0.2, 0.25) is 0 Å². The van der Waals surface area contributed by atoms with Gasteiger partial charge in [-0.15, -0.1) is 0 Å². The van der Waals surface area contributed by atoms with Crippen LogP contribution in [0.2, 0.25) is 0 Å². The van der Waals surface area contributed by atoms with Gasteiger partial charge in [0, 0.05) is 21.9 Å². The van der Waals surface area contributed by atoms with E-state index in [1.807, 2.05) is 37.3 Å². The van der Waals surface area contributed by atoms with Crippen LogP contribution in [-0.2, 0) is 0 Å². The molecule has 0 aliphatic rings. The molecule has 0 aliphatic carbocycles. The predicted molar refractivity (Wildman–Crippen MR) is 73.8 cm³/mol. The van der Waals surface area contributed by atoms with Gasteiger partial charge in [0.25, 0.3) is 0 Å². The zero-order valence-electron chi connectivity index (χ0n) is 9.97. The van der Waals surface area contributed by atoms with E-state index in [1.54, 1.807) is 0 Å². The van der Waals surface area contributed by atoms with E-state index < -0.39 is 0 Å². The summed E-state index contributed by atoms with van der Waals surface area (Å²) in [7, 11) is 0. The summed E-state index contributed by atoms with van der Waals surface area (Å²) in [5.41, 5.74) is 3.79. The first-order valence-corrected chi connectivity index (χ1v) is 6.01. The zero-order valence-corrected chi connectivity index (χ0v) is 9.97. The molecule has 86 valence electrons. The molecule has 0 spiro atoms. The van der Waals surface area contributed by atoms with Gasteiger partial charge in [0.15, 0.2) is 5.58 Å². The molecular weight excluding hydrogens is 222 g/mol. The Kier molecular flexibility index (Phi) is 1.78. The fourth-order valence-corrected chi connectivity index (χ4v) is 2.55. The number of aryl methyl sites for hydroxylation is 1. The molecule has 2 aromatic heterocycles. The number of furan rings is 1. The summed E-state index contributed by atoms with van der Waals surface area (Å²) in [6.07, 6.45) is 0. The summed E-state index contributed by atoms with van der Waals surface area (Å²) in [5.74, 6) is 0. The van der Waals surface area contributed by atoms with Crippen LogP contribution < -0.4 is 0 Å². The van der Waals surface area contributed by atoms with Gasteiger partial charge in [0.1, 0.15) is 11.1 Å². The number of hydrogen-bond acceptors (Lipinski definition) is 2. The molecule has 4 rings (SSSR count). The first-order chi connectivity index (χ1) is 8.84. The third-order valence-electron chi connectivity index (χ3n) is 3.41. The number of rotatable bonds is 0. The molecule has 0 unspecified atom stereocenters. The number of pyridine rings is 1. The van der Waals surface area contributed by atoms with Crippen molar-refractivity contribution >= 4 is 32.8 Å². The van der Waals surface area contributed by atoms with E-state index in [-0.39, 0.29) is 0 Å². The lowest BCUT2D eigenvalue weighted by Gasteiger charge is -2.01. The van der Waals surface area contributed by atoms with Crippen molar-refractivity contribution in [2.75, 3.05) is 0 Å². The normalized spacial score (nSPS) is 11.6. The van der Waals surface area contributed by atoms with Gasteiger partial charge in [-0.1, -0.05) is 36.4 Å². The average molecular weight is 233 g/mol. The van der Waals surface area contributed by atoms with E-state index in [4.69, 9.17) is 9.40 Å². The van der Waals surface area contributed by atoms with E-state index in [2.05, 4.69) is 18.2 Å². The number of fused-ring (bicyclic) bond motifs is 5. The Morgan fingerprint density at radius 1 is 0.833 bits per heavy atom. The van der Waals surface area contributed by atoms with Crippen molar-refractivity contribution in [3.05, 3.63) is 54.2 Å². The standard InChI is InChI=1S/C16H11NO/c1-10-11-6-2-3-7-12(11)16-15(17-10)13-8-4-5-9-14(13)18-16/h2-9H,1H3. The van der Waals surface area contributed by atoms with Crippen LogP contribution in [0, 0.1) is 6.92 Å². The van der Waals surface area contributed by atoms with Crippen molar-refractivity contribution in [1.82, 2.24) is 4.98 Å². The molecule has 18 heavy (non-hydrogen) atoms. The third-order valence-corrected chi connectivity index (χ3v) is 3.41. The Balaban J connectivity index is 2.36. The molecule has 0 bridgehead atoms. The summed E-state index contributed by atoms with van der Waals surface area (Å²) in [6, 6.07) is 16.3. The molecule has 0 aliphatic heterocycles. The molecule has 2 heteroatoms. The fraction of sp³-hybridized carbons (Fsp3) is 0.0625. The third kappa shape index (κ3) is 1.15. The smallest absolute Gasteiger partial charge is 0.161 e. The number of para-hydroxylation sites is 1. The molecule has 2 nitrogen and oxygen atoms in total. The molecule has 0 atom stereocenters. The molecule has 0 saturated carbocycles. The van der Waals surface area contributed by atoms with Crippen LogP contribution in [0.5, 0.6) is 0 Å². The highest BCUT2D eigenvalue weighted by Crippen LogP contribution is 2.33. The molecular formula is C16H11NO. The predicted octanol–water partition coefficient (Wildman–Crippen LogP) is 4.44. The highest BCUT2D eigenvalue weighted by atomic mass is 16.3. The molecule has 0 N–H and O–H groups in total. The maximum absolute atomic E-state index is 5.96. The van der Waals surface area contributed by atoms with Crippen molar-refractivity contribution in [3.63, 3.8) is 0 Å². The van der Waals surface area contributed by atoms with Crippen LogP contribution in [0.25, 0.3) is 32.8 Å². The van der Waals surface area contributed by atoms with Gasteiger partial charge in [-0.2, -0.15) is 0 Å². The van der Waals surface area contributed by atoms with Crippen molar-refractivity contribution in [2.45, 2.75) is 6.92 Å². The second kappa shape index (κ2) is 3.33. The van der Waals surface area contributed by atoms with E-state index in [0.717, 1.165) is 38.5 Å². The maximum atomic E-state index is 5.96. The lowest BCUT2D eigenvalue weighted by Crippen LogP contribution is -1.84. The molecule has 0 radical (unpaired) electrons. The number of hydrogen-bond donors (Lipinski definition) is 0. The van der Waals surface area contributed by atoms with Crippen LogP contribution in [-0.4, -0.2) is 4.98 Å². The minimum absolute atomic E-state index is 0.886. The Bertz CT molecular complexity index is 889. The van der Waals surface area contributed by atoms with Gasteiger partial charge in [-0.3, -0.25) is 0 Å². The molecule has 0 saturated heterocycles. The first-order valence-electron chi connectivity index (χ1n) is 6.01. The van der Waals surface area contributed by atoms with Gasteiger partial charge in [0.05, 0.1) is 0 Å². The van der Waals surface area contributed by atoms with Crippen molar-refractivity contribution in [3.8, 4) is 0 Å². The van der Waals surface area contributed by atoms with Gasteiger partial charge >= 0.3 is 0 Å². The highest BCUT2D eigenvalue weighted by Gasteiger charge is 2.12. The minimum atomic E-state index is 0.886. The second-order valence-electron chi connectivity index (χ2n) is 4.52. The van der Waals surface area contributed by atoms with Crippen LogP contribution in [0.3, 0.4) is 0 Å². The van der Waals surface area contributed by atoms with Gasteiger partial charge in [-0.25, -0.2) is 4.98 Å². The molecule has 4 aromatic rings. The molecule has 0 amide bonds. The zero-order chi connectivity index (χ0) is 12.1. The van der Waals surface area contributed by atoms with Crippen LogP contribution >= 0.6 is 0 Å². The number of benzene rings is 2. The quantitative estimate of drug-likeness (QED) is 0.448. The van der Waals surface area contributed by atoms with Crippen LogP contribution in [0.4, 0.5) is 0 Å². The summed E-state index contributed by atoms with van der Waals surface area (Å²) in [6.45, 7) is 2.05. The van der Waals surface area contributed by atoms with Crippen LogP contribution in [0.1, 0.15) is 5.69 Å². The molecule has 2 aromatic carbocycles. The van der Waals surface area contributed by atoms with Gasteiger partial charge in [-0.05, 0) is 19.1 Å². The van der Waals surface area contributed by atoms with Crippen molar-refractivity contribution in [2.24, 2.45) is 0 Å². The van der Waals surface area contributed by atoms with E-state index >= 15 is 0 Å². The van der Waals surface area contributed by atoms with E-state index in [0.29, 0.717) is 0 Å². The van der Waals surface area contributed by atoms with Crippen molar-refractivity contribution < 1.29 is 4.42 Å². The maximum Gasteiger partial charge on any atom is 0.161 e. The number of aromatic nitrogens is 1. The lowest BCUT2D eigenvalue weighted by atomic mass is 10.1. The van der Waals surface area contributed by atoms with Crippen molar-refractivity contribution in [1.29, 1.82) is 0 Å². The van der Waals surface area contributed by atoms with Gasteiger partial charge < -0.3 is 4.42 Å². The molecule has 0 fully saturated rings. The summed E-state index contributed by atoms with van der Waals surface area (Å²) in [5, 5.41) is 3.38. The van der Waals surface area contributed by atoms with E-state index in [1.165, 1.54) is 0 Å². The minimum Gasteiger partial charge on any atom is -0.454 e. The Hall–Kier alpha value is -2.35. The SMILES string of the molecule is Cc1nc2c3ccccc3oc2c2ccccc12. The summed E-state index contributed by atoms with van der Waals surface area (Å²) >= 11 is 0. The lowest BCUT2D eigenvalue weighted by molar-refractivity contribution is 0.672. The first kappa shape index (κ1) is 9.66. The Labute approximate surface area is 104 Å².